The summed E-state index contributed by atoms with van der Waals surface area (Å²) in [7, 11) is 0. The number of guanidine groups is 1. The number of benzene rings is 2. The fraction of sp³-hybridized carbons (Fsp3) is 0.480. The molecule has 0 saturated carbocycles. The number of hydrogen-bond acceptors (Lipinski definition) is 3. The Morgan fingerprint density at radius 1 is 0.800 bits per heavy atom. The lowest BCUT2D eigenvalue weighted by atomic mass is 9.95. The third-order valence-electron chi connectivity index (χ3n) is 6.98. The van der Waals surface area contributed by atoms with Crippen molar-refractivity contribution in [1.29, 1.82) is 0 Å². The van der Waals surface area contributed by atoms with Crippen LogP contribution in [0.4, 0.5) is 8.78 Å². The molecule has 0 amide bonds. The van der Waals surface area contributed by atoms with Crippen molar-refractivity contribution in [2.75, 3.05) is 0 Å². The van der Waals surface area contributed by atoms with Gasteiger partial charge in [-0.15, -0.1) is 0 Å². The maximum atomic E-state index is 13.1. The van der Waals surface area contributed by atoms with Crippen molar-refractivity contribution in [3.05, 3.63) is 71.3 Å². The highest BCUT2D eigenvalue weighted by Crippen LogP contribution is 2.37. The van der Waals surface area contributed by atoms with Gasteiger partial charge in [-0.25, -0.2) is 13.8 Å². The lowest BCUT2D eigenvalue weighted by molar-refractivity contribution is 0.203. The second-order valence-electron chi connectivity index (χ2n) is 9.04. The van der Waals surface area contributed by atoms with Crippen molar-refractivity contribution < 1.29 is 8.78 Å². The first-order valence-corrected chi connectivity index (χ1v) is 11.3. The number of hydrogen-bond donors (Lipinski definition) is 1. The molecule has 0 aromatic heterocycles. The Hall–Kier alpha value is -2.43. The molecule has 3 nitrogen and oxygen atoms in total. The molecule has 30 heavy (non-hydrogen) atoms. The van der Waals surface area contributed by atoms with Crippen LogP contribution >= 0.6 is 0 Å². The topological polar surface area (TPSA) is 27.6 Å². The molecule has 0 spiro atoms. The molecule has 3 aliphatic rings. The molecule has 2 fully saturated rings. The van der Waals surface area contributed by atoms with E-state index in [4.69, 9.17) is 4.99 Å². The van der Waals surface area contributed by atoms with Crippen LogP contribution in [0.25, 0.3) is 0 Å². The Labute approximate surface area is 177 Å². The predicted octanol–water partition coefficient (Wildman–Crippen LogP) is 4.85. The van der Waals surface area contributed by atoms with Gasteiger partial charge < -0.3 is 10.2 Å². The number of nitrogens with zero attached hydrogens (tertiary/aromatic N) is 2. The molecule has 0 bridgehead atoms. The summed E-state index contributed by atoms with van der Waals surface area (Å²) in [4.78, 5) is 7.65. The molecule has 158 valence electrons. The van der Waals surface area contributed by atoms with Crippen molar-refractivity contribution in [1.82, 2.24) is 10.2 Å². The molecule has 2 saturated heterocycles. The van der Waals surface area contributed by atoms with E-state index in [1.165, 1.54) is 24.0 Å². The lowest BCUT2D eigenvalue weighted by Gasteiger charge is -2.45. The molecule has 2 aromatic carbocycles. The summed E-state index contributed by atoms with van der Waals surface area (Å²) in [5, 5.41) is 3.73. The summed E-state index contributed by atoms with van der Waals surface area (Å²) < 4.78 is 26.3. The van der Waals surface area contributed by atoms with Gasteiger partial charge in [0.1, 0.15) is 11.6 Å². The third kappa shape index (κ3) is 4.21. The molecule has 0 radical (unpaired) electrons. The quantitative estimate of drug-likeness (QED) is 0.738. The molecular formula is C25H29F2N3. The standard InChI is InChI=1S/C25H29F2N3/c26-19-7-1-17(2-8-19)5-11-21-15-23-13-14-24-16-22(29-25(28-21)30(23)24)12-6-18-3-9-20(27)10-4-18/h1-4,7-10,21-24H,5-6,11-16H2,(H,28,29)/t21-,22+,23+,24-. The zero-order valence-electron chi connectivity index (χ0n) is 17.2. The first-order chi connectivity index (χ1) is 14.6. The number of aryl methyl sites for hydroxylation is 2. The van der Waals surface area contributed by atoms with Crippen LogP contribution < -0.4 is 5.32 Å². The highest BCUT2D eigenvalue weighted by molar-refractivity contribution is 5.83. The summed E-state index contributed by atoms with van der Waals surface area (Å²) in [6.45, 7) is 0. The molecule has 3 aliphatic heterocycles. The smallest absolute Gasteiger partial charge is 0.194 e. The van der Waals surface area contributed by atoms with E-state index in [2.05, 4.69) is 10.2 Å². The van der Waals surface area contributed by atoms with Crippen LogP contribution in [0.15, 0.2) is 53.5 Å². The van der Waals surface area contributed by atoms with E-state index >= 15 is 0 Å². The largest absolute Gasteiger partial charge is 0.353 e. The average molecular weight is 410 g/mol. The Morgan fingerprint density at radius 2 is 1.37 bits per heavy atom. The van der Waals surface area contributed by atoms with E-state index in [0.29, 0.717) is 24.2 Å². The van der Waals surface area contributed by atoms with Gasteiger partial charge in [0.15, 0.2) is 5.96 Å². The molecule has 5 heteroatoms. The van der Waals surface area contributed by atoms with Crippen molar-refractivity contribution >= 4 is 5.96 Å². The molecule has 4 atom stereocenters. The highest BCUT2D eigenvalue weighted by atomic mass is 19.1. The SMILES string of the molecule is Fc1ccc(CC[C@@H]2C[C@@H]3CC[C@@H]4C[C@H](CCc5ccc(F)cc5)NC(=N2)N43)cc1. The van der Waals surface area contributed by atoms with E-state index < -0.39 is 0 Å². The predicted molar refractivity (Wildman–Crippen MR) is 115 cm³/mol. The minimum atomic E-state index is -0.178. The maximum Gasteiger partial charge on any atom is 0.194 e. The molecule has 0 aliphatic carbocycles. The summed E-state index contributed by atoms with van der Waals surface area (Å²) >= 11 is 0. The number of halogens is 2. The minimum Gasteiger partial charge on any atom is -0.353 e. The lowest BCUT2D eigenvalue weighted by Crippen LogP contribution is -2.60. The second kappa shape index (κ2) is 8.37. The zero-order valence-corrected chi connectivity index (χ0v) is 17.2. The highest BCUT2D eigenvalue weighted by Gasteiger charge is 2.43. The number of rotatable bonds is 6. The van der Waals surface area contributed by atoms with Crippen molar-refractivity contribution in [2.45, 2.75) is 75.5 Å². The molecular weight excluding hydrogens is 380 g/mol. The minimum absolute atomic E-state index is 0.176. The van der Waals surface area contributed by atoms with E-state index in [-0.39, 0.29) is 11.6 Å². The normalized spacial score (nSPS) is 27.4. The average Bonchev–Trinajstić information content (AvgIpc) is 3.17. The Morgan fingerprint density at radius 3 is 2.00 bits per heavy atom. The van der Waals surface area contributed by atoms with Gasteiger partial charge in [-0.1, -0.05) is 24.3 Å². The molecule has 0 unspecified atom stereocenters. The van der Waals surface area contributed by atoms with Crippen molar-refractivity contribution in [3.8, 4) is 0 Å². The summed E-state index contributed by atoms with van der Waals surface area (Å²) in [5.74, 6) is 0.737. The number of nitrogens with one attached hydrogen (secondary N) is 1. The van der Waals surface area contributed by atoms with Gasteiger partial charge in [0.2, 0.25) is 0 Å². The van der Waals surface area contributed by atoms with Gasteiger partial charge in [0, 0.05) is 18.1 Å². The summed E-state index contributed by atoms with van der Waals surface area (Å²) in [5.41, 5.74) is 2.37. The summed E-state index contributed by atoms with van der Waals surface area (Å²) in [6.07, 6.45) is 8.74. The summed E-state index contributed by atoms with van der Waals surface area (Å²) in [6, 6.07) is 15.7. The van der Waals surface area contributed by atoms with Gasteiger partial charge in [-0.3, -0.25) is 0 Å². The second-order valence-corrected chi connectivity index (χ2v) is 9.04. The molecule has 3 heterocycles. The maximum absolute atomic E-state index is 13.1. The number of aliphatic imine (C=N–C) groups is 1. The monoisotopic (exact) mass is 409 g/mol. The Kier molecular flexibility index (Phi) is 5.45. The van der Waals surface area contributed by atoms with E-state index in [0.717, 1.165) is 44.5 Å². The van der Waals surface area contributed by atoms with Gasteiger partial charge in [0.25, 0.3) is 0 Å². The van der Waals surface area contributed by atoms with E-state index in [1.54, 1.807) is 24.3 Å². The van der Waals surface area contributed by atoms with Gasteiger partial charge in [-0.05, 0) is 86.8 Å². The van der Waals surface area contributed by atoms with Crippen LogP contribution in [-0.4, -0.2) is 35.0 Å². The van der Waals surface area contributed by atoms with Gasteiger partial charge in [0.05, 0.1) is 6.04 Å². The zero-order chi connectivity index (χ0) is 20.5. The van der Waals surface area contributed by atoms with Crippen LogP contribution in [0.5, 0.6) is 0 Å². The van der Waals surface area contributed by atoms with Crippen molar-refractivity contribution in [3.63, 3.8) is 0 Å². The third-order valence-corrected chi connectivity index (χ3v) is 6.98. The Balaban J connectivity index is 1.23. The van der Waals surface area contributed by atoms with Crippen LogP contribution in [0.2, 0.25) is 0 Å². The Bertz CT molecular complexity index is 894. The fourth-order valence-electron chi connectivity index (χ4n) is 5.41. The van der Waals surface area contributed by atoms with Crippen LogP contribution in [0, 0.1) is 11.6 Å². The fourth-order valence-corrected chi connectivity index (χ4v) is 5.41. The van der Waals surface area contributed by atoms with E-state index in [1.807, 2.05) is 24.3 Å². The van der Waals surface area contributed by atoms with Crippen LogP contribution in [0.1, 0.15) is 49.7 Å². The van der Waals surface area contributed by atoms with Gasteiger partial charge >= 0.3 is 0 Å². The first kappa shape index (κ1) is 19.5. The molecule has 5 rings (SSSR count). The van der Waals surface area contributed by atoms with E-state index in [9.17, 15) is 8.78 Å². The van der Waals surface area contributed by atoms with Crippen molar-refractivity contribution in [2.24, 2.45) is 4.99 Å². The van der Waals surface area contributed by atoms with Crippen LogP contribution in [-0.2, 0) is 12.8 Å². The first-order valence-electron chi connectivity index (χ1n) is 11.3. The van der Waals surface area contributed by atoms with Crippen LogP contribution in [0.3, 0.4) is 0 Å². The molecule has 1 N–H and O–H groups in total. The van der Waals surface area contributed by atoms with Gasteiger partial charge in [-0.2, -0.15) is 0 Å². The molecule has 2 aromatic rings.